The van der Waals surface area contributed by atoms with Crippen LogP contribution in [-0.4, -0.2) is 13.1 Å². The van der Waals surface area contributed by atoms with Gasteiger partial charge in [0.15, 0.2) is 0 Å². The second-order valence-corrected chi connectivity index (χ2v) is 5.90. The summed E-state index contributed by atoms with van der Waals surface area (Å²) in [6, 6.07) is 8.72. The summed E-state index contributed by atoms with van der Waals surface area (Å²) in [6.07, 6.45) is 5.22. The van der Waals surface area contributed by atoms with Gasteiger partial charge in [-0.15, -0.1) is 0 Å². The first-order valence-corrected chi connectivity index (χ1v) is 6.99. The van der Waals surface area contributed by atoms with Crippen LogP contribution < -0.4 is 5.32 Å². The van der Waals surface area contributed by atoms with Crippen molar-refractivity contribution in [1.82, 2.24) is 5.32 Å². The van der Waals surface area contributed by atoms with Crippen molar-refractivity contribution in [2.75, 3.05) is 13.1 Å². The van der Waals surface area contributed by atoms with Crippen molar-refractivity contribution in [3.8, 4) is 0 Å². The highest BCUT2D eigenvalue weighted by molar-refractivity contribution is 9.10. The first-order chi connectivity index (χ1) is 7.74. The molecule has 2 heteroatoms. The number of rotatable bonds is 6. The molecule has 1 aliphatic rings. The Hall–Kier alpha value is -0.340. The molecule has 0 aromatic heterocycles. The molecule has 0 heterocycles. The third-order valence-corrected chi connectivity index (χ3v) is 3.85. The lowest BCUT2D eigenvalue weighted by molar-refractivity contribution is 0.455. The van der Waals surface area contributed by atoms with Crippen LogP contribution in [0.4, 0.5) is 0 Å². The van der Waals surface area contributed by atoms with Crippen LogP contribution in [0.1, 0.15) is 31.7 Å². The molecule has 0 unspecified atom stereocenters. The summed E-state index contributed by atoms with van der Waals surface area (Å²) >= 11 is 3.54. The van der Waals surface area contributed by atoms with E-state index in [1.807, 2.05) is 0 Å². The monoisotopic (exact) mass is 281 g/mol. The summed E-state index contributed by atoms with van der Waals surface area (Å²) in [5.74, 6) is 0. The number of halogens is 1. The minimum absolute atomic E-state index is 0.565. The maximum Gasteiger partial charge on any atom is 0.0177 e. The number of hydrogen-bond donors (Lipinski definition) is 1. The smallest absolute Gasteiger partial charge is 0.0177 e. The quantitative estimate of drug-likeness (QED) is 0.783. The molecule has 1 aliphatic carbocycles. The van der Waals surface area contributed by atoms with Crippen molar-refractivity contribution in [2.45, 2.75) is 32.6 Å². The van der Waals surface area contributed by atoms with Gasteiger partial charge in [0.2, 0.25) is 0 Å². The fourth-order valence-corrected chi connectivity index (χ4v) is 2.65. The predicted octanol–water partition coefficient (Wildman–Crippen LogP) is 3.77. The molecule has 1 N–H and O–H groups in total. The Labute approximate surface area is 107 Å². The van der Waals surface area contributed by atoms with Crippen LogP contribution in [0.15, 0.2) is 28.7 Å². The summed E-state index contributed by atoms with van der Waals surface area (Å²) in [6.45, 7) is 4.56. The highest BCUT2D eigenvalue weighted by Gasteiger charge is 2.41. The topological polar surface area (TPSA) is 12.0 Å². The molecule has 0 radical (unpaired) electrons. The van der Waals surface area contributed by atoms with Crippen LogP contribution in [0, 0.1) is 5.41 Å². The summed E-state index contributed by atoms with van der Waals surface area (Å²) in [7, 11) is 0. The van der Waals surface area contributed by atoms with Gasteiger partial charge in [-0.3, -0.25) is 0 Å². The molecule has 0 aliphatic heterocycles. The van der Waals surface area contributed by atoms with E-state index in [4.69, 9.17) is 0 Å². The van der Waals surface area contributed by atoms with Crippen molar-refractivity contribution in [3.05, 3.63) is 34.3 Å². The van der Waals surface area contributed by atoms with E-state index in [0.29, 0.717) is 5.41 Å². The Morgan fingerprint density at radius 3 is 2.81 bits per heavy atom. The number of hydrogen-bond acceptors (Lipinski definition) is 1. The van der Waals surface area contributed by atoms with Crippen molar-refractivity contribution < 1.29 is 0 Å². The van der Waals surface area contributed by atoms with E-state index >= 15 is 0 Å². The van der Waals surface area contributed by atoms with Gasteiger partial charge >= 0.3 is 0 Å². The molecule has 1 aromatic carbocycles. The summed E-state index contributed by atoms with van der Waals surface area (Å²) in [5.41, 5.74) is 2.03. The Kier molecular flexibility index (Phi) is 4.04. The average molecular weight is 282 g/mol. The highest BCUT2D eigenvalue weighted by atomic mass is 79.9. The zero-order valence-electron chi connectivity index (χ0n) is 9.93. The lowest BCUT2D eigenvalue weighted by Gasteiger charge is -2.16. The molecule has 2 rings (SSSR count). The molecule has 0 bridgehead atoms. The van der Waals surface area contributed by atoms with Gasteiger partial charge in [-0.1, -0.05) is 35.0 Å². The van der Waals surface area contributed by atoms with Gasteiger partial charge in [0.05, 0.1) is 0 Å². The van der Waals surface area contributed by atoms with E-state index in [0.717, 1.165) is 6.54 Å². The molecule has 0 spiro atoms. The molecule has 16 heavy (non-hydrogen) atoms. The molecule has 1 saturated carbocycles. The van der Waals surface area contributed by atoms with Gasteiger partial charge in [0, 0.05) is 11.0 Å². The Morgan fingerprint density at radius 2 is 2.19 bits per heavy atom. The van der Waals surface area contributed by atoms with Crippen molar-refractivity contribution in [2.24, 2.45) is 5.41 Å². The van der Waals surface area contributed by atoms with Crippen LogP contribution in [0.3, 0.4) is 0 Å². The molecular weight excluding hydrogens is 262 g/mol. The van der Waals surface area contributed by atoms with E-state index in [2.05, 4.69) is 52.4 Å². The fourth-order valence-electron chi connectivity index (χ4n) is 2.20. The maximum atomic E-state index is 3.56. The summed E-state index contributed by atoms with van der Waals surface area (Å²) < 4.78 is 1.20. The molecule has 0 atom stereocenters. The zero-order chi connectivity index (χ0) is 11.4. The molecule has 0 saturated heterocycles. The van der Waals surface area contributed by atoms with E-state index < -0.39 is 0 Å². The number of benzene rings is 1. The third-order valence-electron chi connectivity index (χ3n) is 3.35. The van der Waals surface area contributed by atoms with Crippen LogP contribution in [-0.2, 0) is 6.42 Å². The van der Waals surface area contributed by atoms with Crippen LogP contribution in [0.25, 0.3) is 0 Å². The molecule has 88 valence electrons. The van der Waals surface area contributed by atoms with Crippen molar-refractivity contribution in [1.29, 1.82) is 0 Å². The lowest BCUT2D eigenvalue weighted by atomic mass is 9.96. The molecule has 1 aromatic rings. The summed E-state index contributed by atoms with van der Waals surface area (Å²) in [5, 5.41) is 3.56. The Bertz CT molecular complexity index is 344. The van der Waals surface area contributed by atoms with Gasteiger partial charge in [-0.05, 0) is 55.3 Å². The normalized spacial score (nSPS) is 17.4. The second-order valence-electron chi connectivity index (χ2n) is 4.98. The highest BCUT2D eigenvalue weighted by Crippen LogP contribution is 2.47. The number of nitrogens with one attached hydrogen (secondary N) is 1. The largest absolute Gasteiger partial charge is 0.316 e. The first kappa shape index (κ1) is 12.1. The van der Waals surface area contributed by atoms with Gasteiger partial charge in [0.25, 0.3) is 0 Å². The van der Waals surface area contributed by atoms with E-state index in [-0.39, 0.29) is 0 Å². The minimum Gasteiger partial charge on any atom is -0.316 e. The second kappa shape index (κ2) is 5.33. The minimum atomic E-state index is 0.565. The molecule has 0 amide bonds. The van der Waals surface area contributed by atoms with Crippen molar-refractivity contribution in [3.63, 3.8) is 0 Å². The molecule has 1 fully saturated rings. The van der Waals surface area contributed by atoms with E-state index in [9.17, 15) is 0 Å². The van der Waals surface area contributed by atoms with Gasteiger partial charge < -0.3 is 5.32 Å². The SMILES string of the molecule is CCCNCC1(Cc2cccc(Br)c2)CC1. The zero-order valence-corrected chi connectivity index (χ0v) is 11.5. The Balaban J connectivity index is 1.89. The molecular formula is C14H20BrN. The predicted molar refractivity (Wildman–Crippen MR) is 72.7 cm³/mol. The van der Waals surface area contributed by atoms with E-state index in [1.165, 1.54) is 42.3 Å². The van der Waals surface area contributed by atoms with Crippen LogP contribution in [0.5, 0.6) is 0 Å². The third kappa shape index (κ3) is 3.33. The van der Waals surface area contributed by atoms with Gasteiger partial charge in [-0.25, -0.2) is 0 Å². The lowest BCUT2D eigenvalue weighted by Crippen LogP contribution is -2.26. The van der Waals surface area contributed by atoms with Crippen LogP contribution in [0.2, 0.25) is 0 Å². The first-order valence-electron chi connectivity index (χ1n) is 6.19. The molecule has 1 nitrogen and oxygen atoms in total. The average Bonchev–Trinajstić information content (AvgIpc) is 2.99. The summed E-state index contributed by atoms with van der Waals surface area (Å²) in [4.78, 5) is 0. The van der Waals surface area contributed by atoms with Gasteiger partial charge in [-0.2, -0.15) is 0 Å². The van der Waals surface area contributed by atoms with Gasteiger partial charge in [0.1, 0.15) is 0 Å². The standard InChI is InChI=1S/C14H20BrN/c1-2-8-16-11-14(6-7-14)10-12-4-3-5-13(15)9-12/h3-5,9,16H,2,6-8,10-11H2,1H3. The Morgan fingerprint density at radius 1 is 1.38 bits per heavy atom. The maximum absolute atomic E-state index is 3.56. The fraction of sp³-hybridized carbons (Fsp3) is 0.571. The van der Waals surface area contributed by atoms with Crippen LogP contribution >= 0.6 is 15.9 Å². The van der Waals surface area contributed by atoms with Crippen molar-refractivity contribution >= 4 is 15.9 Å². The van der Waals surface area contributed by atoms with E-state index in [1.54, 1.807) is 0 Å².